The Kier molecular flexibility index (Phi) is 4.83. The molecule has 15 heavy (non-hydrogen) atoms. The molecule has 1 aromatic rings. The lowest BCUT2D eigenvalue weighted by Crippen LogP contribution is -2.23. The fourth-order valence-corrected chi connectivity index (χ4v) is 1.25. The maximum absolute atomic E-state index is 11.3. The van der Waals surface area contributed by atoms with Crippen molar-refractivity contribution in [2.75, 3.05) is 0 Å². The highest BCUT2D eigenvalue weighted by Crippen LogP contribution is 1.99. The highest BCUT2D eigenvalue weighted by atomic mass is 16.1. The third kappa shape index (κ3) is 5.17. The Labute approximate surface area is 89.4 Å². The van der Waals surface area contributed by atoms with Crippen molar-refractivity contribution < 1.29 is 4.79 Å². The van der Waals surface area contributed by atoms with E-state index in [-0.39, 0.29) is 11.9 Å². The molecule has 84 valence electrons. The highest BCUT2D eigenvalue weighted by molar-refractivity contribution is 5.75. The lowest BCUT2D eigenvalue weighted by molar-refractivity contribution is -0.121. The van der Waals surface area contributed by atoms with E-state index >= 15 is 0 Å². The van der Waals surface area contributed by atoms with E-state index in [4.69, 9.17) is 5.73 Å². The molecule has 0 aromatic carbocycles. The molecule has 1 atom stereocenters. The molecule has 0 spiro atoms. The van der Waals surface area contributed by atoms with Crippen LogP contribution >= 0.6 is 0 Å². The van der Waals surface area contributed by atoms with Crippen molar-refractivity contribution >= 4 is 5.91 Å². The minimum absolute atomic E-state index is 0.0665. The monoisotopic (exact) mass is 210 g/mol. The molecule has 0 aliphatic rings. The van der Waals surface area contributed by atoms with Crippen LogP contribution in [0.3, 0.4) is 0 Å². The van der Waals surface area contributed by atoms with Gasteiger partial charge in [0.2, 0.25) is 5.91 Å². The van der Waals surface area contributed by atoms with Gasteiger partial charge in [0.15, 0.2) is 0 Å². The van der Waals surface area contributed by atoms with E-state index in [0.29, 0.717) is 13.0 Å². The average molecular weight is 210 g/mol. The summed E-state index contributed by atoms with van der Waals surface area (Å²) in [5, 5.41) is 9.31. The number of hydrogen-bond acceptors (Lipinski definition) is 3. The van der Waals surface area contributed by atoms with Crippen molar-refractivity contribution in [2.45, 2.75) is 38.8 Å². The molecule has 1 unspecified atom stereocenters. The van der Waals surface area contributed by atoms with Crippen LogP contribution in [0.1, 0.15) is 31.7 Å². The fraction of sp³-hybridized carbons (Fsp3) is 0.600. The normalized spacial score (nSPS) is 12.4. The predicted molar refractivity (Wildman–Crippen MR) is 57.9 cm³/mol. The molecule has 0 fully saturated rings. The molecule has 0 saturated carbocycles. The Hall–Kier alpha value is -1.36. The summed E-state index contributed by atoms with van der Waals surface area (Å²) in [6.07, 6.45) is 5.73. The van der Waals surface area contributed by atoms with Crippen LogP contribution in [0.4, 0.5) is 0 Å². The van der Waals surface area contributed by atoms with E-state index in [1.807, 2.05) is 6.92 Å². The molecule has 0 bridgehead atoms. The molecule has 4 N–H and O–H groups in total. The van der Waals surface area contributed by atoms with Crippen LogP contribution in [0.15, 0.2) is 12.4 Å². The number of nitrogens with zero attached hydrogens (tertiary/aromatic N) is 1. The number of aromatic nitrogens is 2. The first-order valence-electron chi connectivity index (χ1n) is 5.18. The zero-order valence-electron chi connectivity index (χ0n) is 8.99. The first-order chi connectivity index (χ1) is 7.18. The molecular formula is C10H18N4O. The number of hydrogen-bond donors (Lipinski definition) is 3. The molecule has 1 amide bonds. The average Bonchev–Trinajstić information content (AvgIpc) is 2.66. The Morgan fingerprint density at radius 3 is 3.13 bits per heavy atom. The second-order valence-electron chi connectivity index (χ2n) is 3.75. The van der Waals surface area contributed by atoms with Gasteiger partial charge in [-0.1, -0.05) is 0 Å². The van der Waals surface area contributed by atoms with Gasteiger partial charge in [-0.2, -0.15) is 5.10 Å². The Bertz CT molecular complexity index is 282. The number of amides is 1. The molecule has 0 aliphatic carbocycles. The van der Waals surface area contributed by atoms with E-state index in [9.17, 15) is 4.79 Å². The zero-order valence-corrected chi connectivity index (χ0v) is 8.99. The maximum atomic E-state index is 11.3. The van der Waals surface area contributed by atoms with Gasteiger partial charge >= 0.3 is 0 Å². The van der Waals surface area contributed by atoms with Crippen molar-refractivity contribution in [2.24, 2.45) is 5.73 Å². The first kappa shape index (κ1) is 11.7. The summed E-state index contributed by atoms with van der Waals surface area (Å²) in [5.74, 6) is 0.0665. The van der Waals surface area contributed by atoms with Gasteiger partial charge in [-0.3, -0.25) is 9.89 Å². The van der Waals surface area contributed by atoms with Gasteiger partial charge in [-0.25, -0.2) is 0 Å². The zero-order chi connectivity index (χ0) is 11.1. The summed E-state index contributed by atoms with van der Waals surface area (Å²) >= 11 is 0. The number of H-pyrrole nitrogens is 1. The van der Waals surface area contributed by atoms with Crippen molar-refractivity contribution in [3.8, 4) is 0 Å². The number of carbonyl (C=O) groups is 1. The Balaban J connectivity index is 2.09. The standard InChI is InChI=1S/C10H18N4O/c1-8(11)3-2-4-10(15)12-5-9-6-13-14-7-9/h6-8H,2-5,11H2,1H3,(H,12,15)(H,13,14). The molecule has 1 rings (SSSR count). The van der Waals surface area contributed by atoms with Gasteiger partial charge in [0, 0.05) is 30.8 Å². The maximum Gasteiger partial charge on any atom is 0.220 e. The van der Waals surface area contributed by atoms with E-state index in [2.05, 4.69) is 15.5 Å². The number of aromatic amines is 1. The van der Waals surface area contributed by atoms with Crippen LogP contribution in [0.5, 0.6) is 0 Å². The van der Waals surface area contributed by atoms with Crippen LogP contribution in [-0.4, -0.2) is 22.1 Å². The predicted octanol–water partition coefficient (Wildman–Crippen LogP) is 0.543. The van der Waals surface area contributed by atoms with Gasteiger partial charge in [0.25, 0.3) is 0 Å². The smallest absolute Gasteiger partial charge is 0.220 e. The summed E-state index contributed by atoms with van der Waals surface area (Å²) in [4.78, 5) is 11.3. The molecule has 0 aliphatic heterocycles. The molecule has 0 saturated heterocycles. The molecule has 0 radical (unpaired) electrons. The number of nitrogens with one attached hydrogen (secondary N) is 2. The van der Waals surface area contributed by atoms with Crippen LogP contribution in [0.2, 0.25) is 0 Å². The minimum atomic E-state index is 0.0665. The topological polar surface area (TPSA) is 83.8 Å². The number of rotatable bonds is 6. The summed E-state index contributed by atoms with van der Waals surface area (Å²) in [5.41, 5.74) is 6.57. The van der Waals surface area contributed by atoms with Gasteiger partial charge in [-0.15, -0.1) is 0 Å². The van der Waals surface area contributed by atoms with E-state index in [1.54, 1.807) is 12.4 Å². The van der Waals surface area contributed by atoms with Crippen molar-refractivity contribution in [3.63, 3.8) is 0 Å². The molecule has 5 nitrogen and oxygen atoms in total. The van der Waals surface area contributed by atoms with Gasteiger partial charge in [-0.05, 0) is 19.8 Å². The minimum Gasteiger partial charge on any atom is -0.352 e. The molecule has 1 heterocycles. The number of nitrogens with two attached hydrogens (primary N) is 1. The lowest BCUT2D eigenvalue weighted by Gasteiger charge is -2.05. The first-order valence-corrected chi connectivity index (χ1v) is 5.18. The van der Waals surface area contributed by atoms with Gasteiger partial charge in [0.1, 0.15) is 0 Å². The molecule has 1 aromatic heterocycles. The van der Waals surface area contributed by atoms with Gasteiger partial charge in [0.05, 0.1) is 6.20 Å². The van der Waals surface area contributed by atoms with Crippen molar-refractivity contribution in [1.82, 2.24) is 15.5 Å². The van der Waals surface area contributed by atoms with E-state index in [0.717, 1.165) is 18.4 Å². The second-order valence-corrected chi connectivity index (χ2v) is 3.75. The van der Waals surface area contributed by atoms with Crippen molar-refractivity contribution in [1.29, 1.82) is 0 Å². The van der Waals surface area contributed by atoms with Crippen LogP contribution in [0.25, 0.3) is 0 Å². The second kappa shape index (κ2) is 6.19. The Morgan fingerprint density at radius 1 is 1.73 bits per heavy atom. The van der Waals surface area contributed by atoms with Crippen LogP contribution < -0.4 is 11.1 Å². The quantitative estimate of drug-likeness (QED) is 0.641. The molecule has 5 heteroatoms. The summed E-state index contributed by atoms with van der Waals surface area (Å²) in [7, 11) is 0. The van der Waals surface area contributed by atoms with Gasteiger partial charge < -0.3 is 11.1 Å². The third-order valence-electron chi connectivity index (χ3n) is 2.11. The SMILES string of the molecule is CC(N)CCCC(=O)NCc1cn[nH]c1. The fourth-order valence-electron chi connectivity index (χ4n) is 1.25. The summed E-state index contributed by atoms with van der Waals surface area (Å²) < 4.78 is 0. The van der Waals surface area contributed by atoms with Crippen LogP contribution in [0, 0.1) is 0 Å². The molecular weight excluding hydrogens is 192 g/mol. The van der Waals surface area contributed by atoms with Crippen molar-refractivity contribution in [3.05, 3.63) is 18.0 Å². The highest BCUT2D eigenvalue weighted by Gasteiger charge is 2.02. The summed E-state index contributed by atoms with van der Waals surface area (Å²) in [6.45, 7) is 2.48. The lowest BCUT2D eigenvalue weighted by atomic mass is 10.1. The van der Waals surface area contributed by atoms with E-state index < -0.39 is 0 Å². The Morgan fingerprint density at radius 2 is 2.53 bits per heavy atom. The largest absolute Gasteiger partial charge is 0.352 e. The van der Waals surface area contributed by atoms with Crippen LogP contribution in [-0.2, 0) is 11.3 Å². The summed E-state index contributed by atoms with van der Waals surface area (Å²) in [6, 6.07) is 0.173. The third-order valence-corrected chi connectivity index (χ3v) is 2.11. The van der Waals surface area contributed by atoms with E-state index in [1.165, 1.54) is 0 Å². The number of carbonyl (C=O) groups excluding carboxylic acids is 1.